The highest BCUT2D eigenvalue weighted by atomic mass is 16.6. The van der Waals surface area contributed by atoms with Gasteiger partial charge in [-0.05, 0) is 40.0 Å². The van der Waals surface area contributed by atoms with Crippen molar-refractivity contribution in [1.82, 2.24) is 10.2 Å². The number of nitrogens with one attached hydrogen (secondary N) is 1. The summed E-state index contributed by atoms with van der Waals surface area (Å²) in [6, 6.07) is 0.193. The van der Waals surface area contributed by atoms with Gasteiger partial charge in [-0.25, -0.2) is 4.79 Å². The molecule has 1 fully saturated rings. The molecule has 0 saturated carbocycles. The Hall–Kier alpha value is -1.26. The first-order chi connectivity index (χ1) is 9.31. The van der Waals surface area contributed by atoms with Crippen molar-refractivity contribution in [2.45, 2.75) is 71.4 Å². The van der Waals surface area contributed by atoms with E-state index in [4.69, 9.17) is 4.74 Å². The van der Waals surface area contributed by atoms with E-state index >= 15 is 0 Å². The molecule has 5 nitrogen and oxygen atoms in total. The molecule has 0 aromatic rings. The predicted octanol–water partition coefficient (Wildman–Crippen LogP) is 2.69. The highest BCUT2D eigenvalue weighted by molar-refractivity contribution is 5.76. The van der Waals surface area contributed by atoms with Crippen LogP contribution in [0.4, 0.5) is 4.79 Å². The first kappa shape index (κ1) is 16.8. The normalized spacial score (nSPS) is 16.9. The fourth-order valence-corrected chi connectivity index (χ4v) is 2.17. The van der Waals surface area contributed by atoms with Crippen LogP contribution in [-0.4, -0.2) is 41.6 Å². The second-order valence-electron chi connectivity index (χ2n) is 6.41. The zero-order valence-corrected chi connectivity index (χ0v) is 13.2. The van der Waals surface area contributed by atoms with Gasteiger partial charge in [0, 0.05) is 25.6 Å². The maximum Gasteiger partial charge on any atom is 0.410 e. The molecule has 1 rings (SSSR count). The van der Waals surface area contributed by atoms with E-state index in [9.17, 15) is 9.59 Å². The van der Waals surface area contributed by atoms with Crippen molar-refractivity contribution in [3.05, 3.63) is 0 Å². The monoisotopic (exact) mass is 284 g/mol. The van der Waals surface area contributed by atoms with Gasteiger partial charge in [0.25, 0.3) is 0 Å². The maximum absolute atomic E-state index is 11.9. The van der Waals surface area contributed by atoms with Crippen molar-refractivity contribution in [2.75, 3.05) is 13.1 Å². The molecule has 20 heavy (non-hydrogen) atoms. The lowest BCUT2D eigenvalue weighted by Gasteiger charge is -2.33. The zero-order valence-electron chi connectivity index (χ0n) is 13.2. The van der Waals surface area contributed by atoms with E-state index in [2.05, 4.69) is 12.2 Å². The molecule has 5 heteroatoms. The van der Waals surface area contributed by atoms with Crippen LogP contribution in [0.3, 0.4) is 0 Å². The van der Waals surface area contributed by atoms with Gasteiger partial charge in [-0.3, -0.25) is 4.79 Å². The van der Waals surface area contributed by atoms with Crippen molar-refractivity contribution in [3.63, 3.8) is 0 Å². The lowest BCUT2D eigenvalue weighted by atomic mass is 10.0. The molecule has 116 valence electrons. The van der Waals surface area contributed by atoms with Crippen molar-refractivity contribution >= 4 is 12.0 Å². The Labute approximate surface area is 122 Å². The highest BCUT2D eigenvalue weighted by Crippen LogP contribution is 2.15. The first-order valence-corrected chi connectivity index (χ1v) is 7.59. The largest absolute Gasteiger partial charge is 0.444 e. The first-order valence-electron chi connectivity index (χ1n) is 7.59. The smallest absolute Gasteiger partial charge is 0.410 e. The summed E-state index contributed by atoms with van der Waals surface area (Å²) in [5, 5.41) is 3.04. The van der Waals surface area contributed by atoms with Gasteiger partial charge in [0.05, 0.1) is 0 Å². The van der Waals surface area contributed by atoms with E-state index in [1.807, 2.05) is 20.8 Å². The standard InChI is InChI=1S/C15H28N2O3/c1-5-6-7-13(18)16-12-8-10-17(11-9-12)14(19)20-15(2,3)4/h12H,5-11H2,1-4H3,(H,16,18). The Morgan fingerprint density at radius 1 is 1.25 bits per heavy atom. The van der Waals surface area contributed by atoms with Gasteiger partial charge in [0.15, 0.2) is 0 Å². The summed E-state index contributed by atoms with van der Waals surface area (Å²) in [6.07, 6.45) is 3.91. The van der Waals surface area contributed by atoms with Crippen LogP contribution in [0.2, 0.25) is 0 Å². The second-order valence-corrected chi connectivity index (χ2v) is 6.41. The minimum Gasteiger partial charge on any atom is -0.444 e. The lowest BCUT2D eigenvalue weighted by molar-refractivity contribution is -0.122. The third-order valence-corrected chi connectivity index (χ3v) is 3.27. The minimum absolute atomic E-state index is 0.127. The Morgan fingerprint density at radius 3 is 2.35 bits per heavy atom. The van der Waals surface area contributed by atoms with Crippen LogP contribution in [0.1, 0.15) is 59.8 Å². The van der Waals surface area contributed by atoms with Crippen molar-refractivity contribution in [2.24, 2.45) is 0 Å². The summed E-state index contributed by atoms with van der Waals surface area (Å²) in [5.41, 5.74) is -0.456. The number of hydrogen-bond acceptors (Lipinski definition) is 3. The molecule has 0 aromatic carbocycles. The van der Waals surface area contributed by atoms with Crippen LogP contribution >= 0.6 is 0 Å². The fourth-order valence-electron chi connectivity index (χ4n) is 2.17. The number of rotatable bonds is 4. The van der Waals surface area contributed by atoms with E-state index in [0.29, 0.717) is 19.5 Å². The molecular formula is C15H28N2O3. The maximum atomic E-state index is 11.9. The Bertz CT molecular complexity index is 329. The summed E-state index contributed by atoms with van der Waals surface area (Å²) in [4.78, 5) is 25.3. The fraction of sp³-hybridized carbons (Fsp3) is 0.867. The molecule has 0 radical (unpaired) electrons. The number of likely N-dealkylation sites (tertiary alicyclic amines) is 1. The average molecular weight is 284 g/mol. The van der Waals surface area contributed by atoms with E-state index in [1.165, 1.54) is 0 Å². The van der Waals surface area contributed by atoms with Crippen molar-refractivity contribution in [3.8, 4) is 0 Å². The van der Waals surface area contributed by atoms with Crippen LogP contribution in [-0.2, 0) is 9.53 Å². The van der Waals surface area contributed by atoms with Gasteiger partial charge >= 0.3 is 6.09 Å². The van der Waals surface area contributed by atoms with E-state index < -0.39 is 5.60 Å². The Morgan fingerprint density at radius 2 is 1.85 bits per heavy atom. The number of carbonyl (C=O) groups is 2. The quantitative estimate of drug-likeness (QED) is 0.863. The Kier molecular flexibility index (Phi) is 6.30. The SMILES string of the molecule is CCCCC(=O)NC1CCN(C(=O)OC(C)(C)C)CC1. The molecule has 1 aliphatic heterocycles. The number of amides is 2. The third-order valence-electron chi connectivity index (χ3n) is 3.27. The predicted molar refractivity (Wildman–Crippen MR) is 78.5 cm³/mol. The molecule has 0 atom stereocenters. The molecule has 0 aromatic heterocycles. The van der Waals surface area contributed by atoms with Crippen molar-refractivity contribution < 1.29 is 14.3 Å². The van der Waals surface area contributed by atoms with Crippen LogP contribution in [0.15, 0.2) is 0 Å². The zero-order chi connectivity index (χ0) is 15.2. The van der Waals surface area contributed by atoms with E-state index in [0.717, 1.165) is 25.7 Å². The Balaban J connectivity index is 2.29. The van der Waals surface area contributed by atoms with Gasteiger partial charge in [0.1, 0.15) is 5.60 Å². The van der Waals surface area contributed by atoms with Gasteiger partial charge in [-0.15, -0.1) is 0 Å². The summed E-state index contributed by atoms with van der Waals surface area (Å²) < 4.78 is 5.35. The lowest BCUT2D eigenvalue weighted by Crippen LogP contribution is -2.47. The van der Waals surface area contributed by atoms with Gasteiger partial charge < -0.3 is 15.0 Å². The second kappa shape index (κ2) is 7.50. The molecule has 0 aliphatic carbocycles. The van der Waals surface area contributed by atoms with E-state index in [-0.39, 0.29) is 18.0 Å². The minimum atomic E-state index is -0.456. The molecule has 1 heterocycles. The average Bonchev–Trinajstić information content (AvgIpc) is 2.35. The van der Waals surface area contributed by atoms with Crippen LogP contribution in [0.5, 0.6) is 0 Å². The molecule has 2 amide bonds. The summed E-state index contributed by atoms with van der Waals surface area (Å²) >= 11 is 0. The molecule has 0 bridgehead atoms. The topological polar surface area (TPSA) is 58.6 Å². The number of unbranched alkanes of at least 4 members (excludes halogenated alkanes) is 1. The number of piperidine rings is 1. The van der Waals surface area contributed by atoms with Crippen LogP contribution in [0.25, 0.3) is 0 Å². The number of carbonyl (C=O) groups excluding carboxylic acids is 2. The van der Waals surface area contributed by atoms with Gasteiger partial charge in [-0.1, -0.05) is 13.3 Å². The van der Waals surface area contributed by atoms with Gasteiger partial charge in [0.2, 0.25) is 5.91 Å². The number of nitrogens with zero attached hydrogens (tertiary/aromatic N) is 1. The molecule has 1 aliphatic rings. The molecular weight excluding hydrogens is 256 g/mol. The number of hydrogen-bond donors (Lipinski definition) is 1. The highest BCUT2D eigenvalue weighted by Gasteiger charge is 2.27. The van der Waals surface area contributed by atoms with Crippen LogP contribution < -0.4 is 5.32 Å². The number of ether oxygens (including phenoxy) is 1. The van der Waals surface area contributed by atoms with Gasteiger partial charge in [-0.2, -0.15) is 0 Å². The molecule has 0 unspecified atom stereocenters. The summed E-state index contributed by atoms with van der Waals surface area (Å²) in [6.45, 7) is 8.97. The molecule has 1 saturated heterocycles. The summed E-state index contributed by atoms with van der Waals surface area (Å²) in [5.74, 6) is 0.127. The van der Waals surface area contributed by atoms with Crippen molar-refractivity contribution in [1.29, 1.82) is 0 Å². The van der Waals surface area contributed by atoms with E-state index in [1.54, 1.807) is 4.90 Å². The third kappa shape index (κ3) is 6.26. The molecule has 1 N–H and O–H groups in total. The molecule has 0 spiro atoms. The van der Waals surface area contributed by atoms with Crippen LogP contribution in [0, 0.1) is 0 Å². The summed E-state index contributed by atoms with van der Waals surface area (Å²) in [7, 11) is 0.